The maximum atomic E-state index is 12.6. The van der Waals surface area contributed by atoms with Crippen LogP contribution in [0.4, 0.5) is 0 Å². The van der Waals surface area contributed by atoms with Crippen molar-refractivity contribution in [3.8, 4) is 0 Å². The second-order valence-corrected chi connectivity index (χ2v) is 8.76. The van der Waals surface area contributed by atoms with E-state index in [0.29, 0.717) is 6.54 Å². The van der Waals surface area contributed by atoms with Crippen LogP contribution in [0.1, 0.15) is 63.6 Å². The molecule has 2 heterocycles. The van der Waals surface area contributed by atoms with Crippen LogP contribution < -0.4 is 5.32 Å². The molecule has 1 aromatic rings. The van der Waals surface area contributed by atoms with E-state index < -0.39 is 21.5 Å². The summed E-state index contributed by atoms with van der Waals surface area (Å²) in [6.45, 7) is 0.612. The SMILES string of the molecule is O=C(CS(=O)(=O)c1nnc2n1CCCCC2)NC1CCCCCC1. The summed E-state index contributed by atoms with van der Waals surface area (Å²) in [5, 5.41) is 10.7. The lowest BCUT2D eigenvalue weighted by atomic mass is 10.1. The average Bonchev–Trinajstić information content (AvgIpc) is 2.70. The molecule has 24 heavy (non-hydrogen) atoms. The van der Waals surface area contributed by atoms with Crippen molar-refractivity contribution in [2.24, 2.45) is 0 Å². The summed E-state index contributed by atoms with van der Waals surface area (Å²) >= 11 is 0. The fraction of sp³-hybridized carbons (Fsp3) is 0.812. The highest BCUT2D eigenvalue weighted by atomic mass is 32.2. The standard InChI is InChI=1S/C16H26N4O3S/c21-15(17-13-8-4-1-2-5-9-13)12-24(22,23)16-19-18-14-10-6-3-7-11-20(14)16/h13H,1-12H2,(H,17,21). The predicted octanol–water partition coefficient (Wildman–Crippen LogP) is 1.62. The number of hydrogen-bond donors (Lipinski definition) is 1. The first-order valence-corrected chi connectivity index (χ1v) is 10.7. The summed E-state index contributed by atoms with van der Waals surface area (Å²) in [4.78, 5) is 12.2. The van der Waals surface area contributed by atoms with Gasteiger partial charge in [0.05, 0.1) is 0 Å². The van der Waals surface area contributed by atoms with Crippen molar-refractivity contribution in [2.45, 2.75) is 82.0 Å². The first-order valence-electron chi connectivity index (χ1n) is 9.00. The van der Waals surface area contributed by atoms with Gasteiger partial charge < -0.3 is 9.88 Å². The quantitative estimate of drug-likeness (QED) is 0.829. The predicted molar refractivity (Wildman–Crippen MR) is 89.3 cm³/mol. The van der Waals surface area contributed by atoms with Gasteiger partial charge in [0.2, 0.25) is 20.9 Å². The number of amides is 1. The molecule has 134 valence electrons. The van der Waals surface area contributed by atoms with E-state index in [1.54, 1.807) is 4.57 Å². The molecule has 3 rings (SSSR count). The summed E-state index contributed by atoms with van der Waals surface area (Å²) in [5.41, 5.74) is 0. The molecule has 1 aliphatic heterocycles. The van der Waals surface area contributed by atoms with Gasteiger partial charge in [-0.25, -0.2) is 8.42 Å². The number of carbonyl (C=O) groups is 1. The minimum atomic E-state index is -3.76. The van der Waals surface area contributed by atoms with Gasteiger partial charge in [0, 0.05) is 19.0 Å². The van der Waals surface area contributed by atoms with E-state index in [4.69, 9.17) is 0 Å². The number of aryl methyl sites for hydroxylation is 1. The molecule has 1 aliphatic carbocycles. The molecule has 0 aromatic carbocycles. The Balaban J connectivity index is 1.67. The van der Waals surface area contributed by atoms with Crippen LogP contribution in [0, 0.1) is 0 Å². The lowest BCUT2D eigenvalue weighted by Crippen LogP contribution is -2.38. The number of rotatable bonds is 4. The molecule has 2 aliphatic rings. The van der Waals surface area contributed by atoms with E-state index in [2.05, 4.69) is 15.5 Å². The maximum Gasteiger partial charge on any atom is 0.250 e. The van der Waals surface area contributed by atoms with Crippen LogP contribution in [0.2, 0.25) is 0 Å². The van der Waals surface area contributed by atoms with E-state index in [1.165, 1.54) is 12.8 Å². The van der Waals surface area contributed by atoms with Crippen LogP contribution in [-0.2, 0) is 27.6 Å². The number of hydrogen-bond acceptors (Lipinski definition) is 5. The van der Waals surface area contributed by atoms with Crippen LogP contribution in [0.15, 0.2) is 5.16 Å². The van der Waals surface area contributed by atoms with E-state index in [9.17, 15) is 13.2 Å². The molecular weight excluding hydrogens is 328 g/mol. The van der Waals surface area contributed by atoms with E-state index in [1.807, 2.05) is 0 Å². The summed E-state index contributed by atoms with van der Waals surface area (Å²) in [7, 11) is -3.76. The number of carbonyl (C=O) groups excluding carboxylic acids is 1. The minimum Gasteiger partial charge on any atom is -0.352 e. The molecule has 1 aromatic heterocycles. The zero-order valence-corrected chi connectivity index (χ0v) is 14.9. The highest BCUT2D eigenvalue weighted by Crippen LogP contribution is 2.19. The lowest BCUT2D eigenvalue weighted by molar-refractivity contribution is -0.119. The molecular formula is C16H26N4O3S. The van der Waals surface area contributed by atoms with Crippen molar-refractivity contribution in [3.63, 3.8) is 0 Å². The van der Waals surface area contributed by atoms with Crippen molar-refractivity contribution in [1.82, 2.24) is 20.1 Å². The Morgan fingerprint density at radius 3 is 2.50 bits per heavy atom. The van der Waals surface area contributed by atoms with Gasteiger partial charge in [-0.1, -0.05) is 32.1 Å². The Labute approximate surface area is 143 Å². The summed E-state index contributed by atoms with van der Waals surface area (Å²) in [5.74, 6) is -0.245. The third-order valence-corrected chi connectivity index (χ3v) is 6.40. The van der Waals surface area contributed by atoms with Gasteiger partial charge in [-0.2, -0.15) is 0 Å². The number of sulfone groups is 1. The molecule has 1 amide bonds. The Morgan fingerprint density at radius 2 is 1.75 bits per heavy atom. The minimum absolute atomic E-state index is 0.0459. The molecule has 8 heteroatoms. The maximum absolute atomic E-state index is 12.6. The summed E-state index contributed by atoms with van der Waals surface area (Å²) < 4.78 is 26.9. The Hall–Kier alpha value is -1.44. The second-order valence-electron chi connectivity index (χ2n) is 6.88. The van der Waals surface area contributed by atoms with Crippen molar-refractivity contribution in [1.29, 1.82) is 0 Å². The Morgan fingerprint density at radius 1 is 1.04 bits per heavy atom. The van der Waals surface area contributed by atoms with Gasteiger partial charge in [0.25, 0.3) is 0 Å². The molecule has 0 unspecified atom stereocenters. The fourth-order valence-electron chi connectivity index (χ4n) is 3.62. The van der Waals surface area contributed by atoms with Crippen LogP contribution >= 0.6 is 0 Å². The summed E-state index contributed by atoms with van der Waals surface area (Å²) in [6, 6.07) is 0.103. The largest absolute Gasteiger partial charge is 0.352 e. The van der Waals surface area contributed by atoms with E-state index >= 15 is 0 Å². The van der Waals surface area contributed by atoms with Gasteiger partial charge in [-0.15, -0.1) is 10.2 Å². The lowest BCUT2D eigenvalue weighted by Gasteiger charge is -2.16. The van der Waals surface area contributed by atoms with Crippen LogP contribution in [0.5, 0.6) is 0 Å². The van der Waals surface area contributed by atoms with Gasteiger partial charge >= 0.3 is 0 Å². The first-order chi connectivity index (χ1) is 11.6. The molecule has 1 N–H and O–H groups in total. The molecule has 0 bridgehead atoms. The number of fused-ring (bicyclic) bond motifs is 1. The van der Waals surface area contributed by atoms with Crippen molar-refractivity contribution < 1.29 is 13.2 Å². The number of nitrogens with one attached hydrogen (secondary N) is 1. The fourth-order valence-corrected chi connectivity index (χ4v) is 4.87. The Bertz CT molecular complexity index is 675. The molecule has 0 atom stereocenters. The van der Waals surface area contributed by atoms with Gasteiger partial charge in [0.15, 0.2) is 0 Å². The highest BCUT2D eigenvalue weighted by molar-refractivity contribution is 7.91. The van der Waals surface area contributed by atoms with Crippen LogP contribution in [0.25, 0.3) is 0 Å². The first kappa shape index (κ1) is 17.4. The second kappa shape index (κ2) is 7.63. The van der Waals surface area contributed by atoms with Crippen molar-refractivity contribution in [3.05, 3.63) is 5.82 Å². The zero-order chi connectivity index (χ0) is 17.0. The zero-order valence-electron chi connectivity index (χ0n) is 14.0. The van der Waals surface area contributed by atoms with Gasteiger partial charge in [-0.05, 0) is 25.7 Å². The molecule has 7 nitrogen and oxygen atoms in total. The van der Waals surface area contributed by atoms with Crippen molar-refractivity contribution in [2.75, 3.05) is 5.75 Å². The topological polar surface area (TPSA) is 93.9 Å². The number of aromatic nitrogens is 3. The molecule has 0 spiro atoms. The van der Waals surface area contributed by atoms with E-state index in [0.717, 1.165) is 57.2 Å². The highest BCUT2D eigenvalue weighted by Gasteiger charge is 2.28. The van der Waals surface area contributed by atoms with Crippen LogP contribution in [-0.4, -0.2) is 40.9 Å². The molecule has 1 fully saturated rings. The smallest absolute Gasteiger partial charge is 0.250 e. The van der Waals surface area contributed by atoms with Gasteiger partial charge in [0.1, 0.15) is 11.6 Å². The molecule has 1 saturated carbocycles. The third-order valence-electron chi connectivity index (χ3n) is 4.90. The summed E-state index contributed by atoms with van der Waals surface area (Å²) in [6.07, 6.45) is 10.2. The Kier molecular flexibility index (Phi) is 5.53. The average molecular weight is 354 g/mol. The van der Waals surface area contributed by atoms with E-state index in [-0.39, 0.29) is 11.2 Å². The normalized spacial score (nSPS) is 20.0. The number of nitrogens with zero attached hydrogens (tertiary/aromatic N) is 3. The van der Waals surface area contributed by atoms with Gasteiger partial charge in [-0.3, -0.25) is 4.79 Å². The molecule has 0 saturated heterocycles. The molecule has 0 radical (unpaired) electrons. The third kappa shape index (κ3) is 4.15. The van der Waals surface area contributed by atoms with Crippen molar-refractivity contribution >= 4 is 15.7 Å². The van der Waals surface area contributed by atoms with Crippen LogP contribution in [0.3, 0.4) is 0 Å². The monoisotopic (exact) mass is 354 g/mol.